The van der Waals surface area contributed by atoms with E-state index in [-0.39, 0.29) is 0 Å². The Hall–Kier alpha value is -2.85. The summed E-state index contributed by atoms with van der Waals surface area (Å²) in [5.41, 5.74) is 12.5. The molecule has 0 radical (unpaired) electrons. The number of rotatable bonds is 4. The van der Waals surface area contributed by atoms with Gasteiger partial charge >= 0.3 is 0 Å². The molecule has 3 aromatic rings. The number of aryl methyl sites for hydroxylation is 1. The fourth-order valence-electron chi connectivity index (χ4n) is 2.18. The van der Waals surface area contributed by atoms with Gasteiger partial charge in [0.15, 0.2) is 0 Å². The lowest BCUT2D eigenvalue weighted by Gasteiger charge is -1.99. The molecule has 0 aliphatic carbocycles. The van der Waals surface area contributed by atoms with E-state index in [4.69, 9.17) is 21.1 Å². The lowest BCUT2D eigenvalue weighted by molar-refractivity contribution is 0.100. The van der Waals surface area contributed by atoms with Crippen LogP contribution in [0.1, 0.15) is 22.5 Å². The smallest absolute Gasteiger partial charge is 0.251 e. The lowest BCUT2D eigenvalue weighted by atomic mass is 10.2. The summed E-state index contributed by atoms with van der Waals surface area (Å²) in [7, 11) is 0. The highest BCUT2D eigenvalue weighted by Gasteiger charge is 2.15. The Balaban J connectivity index is 2.07. The van der Waals surface area contributed by atoms with Gasteiger partial charge in [-0.3, -0.25) is 4.79 Å². The summed E-state index contributed by atoms with van der Waals surface area (Å²) in [6.07, 6.45) is 4.00. The van der Waals surface area contributed by atoms with E-state index >= 15 is 0 Å². The van der Waals surface area contributed by atoms with Crippen molar-refractivity contribution in [3.05, 3.63) is 35.9 Å². The number of nitrogens with zero attached hydrogens (tertiary/aromatic N) is 2. The monoisotopic (exact) mass is 312 g/mol. The molecular formula is C15H12N4O2S. The number of hydrogen-bond donors (Lipinski definition) is 2. The Morgan fingerprint density at radius 3 is 3.00 bits per heavy atom. The molecule has 0 bridgehead atoms. The minimum atomic E-state index is -0.534. The molecule has 3 aromatic heterocycles. The second-order valence-corrected chi connectivity index (χ2v) is 5.79. The van der Waals surface area contributed by atoms with Gasteiger partial charge in [-0.15, -0.1) is 11.3 Å². The van der Waals surface area contributed by atoms with E-state index in [0.717, 1.165) is 20.9 Å². The zero-order chi connectivity index (χ0) is 15.7. The average molecular weight is 312 g/mol. The first-order valence-electron chi connectivity index (χ1n) is 6.52. The van der Waals surface area contributed by atoms with Gasteiger partial charge in [-0.25, -0.2) is 4.98 Å². The first kappa shape index (κ1) is 14.1. The van der Waals surface area contributed by atoms with E-state index in [1.165, 1.54) is 17.5 Å². The van der Waals surface area contributed by atoms with Gasteiger partial charge in [0.1, 0.15) is 11.6 Å². The van der Waals surface area contributed by atoms with Gasteiger partial charge in [0.2, 0.25) is 0 Å². The standard InChI is InChI=1S/C15H12N4O2S/c16-3-1-2-9-4-8(7-21-9)12-5-10-13(22-12)11(15(18)20)6-19-14(10)17/h4-7H,1-2H2,(H2,17,19)(H2,18,20). The number of thiophene rings is 1. The van der Waals surface area contributed by atoms with Crippen molar-refractivity contribution >= 4 is 33.1 Å². The number of amides is 1. The summed E-state index contributed by atoms with van der Waals surface area (Å²) in [6.45, 7) is 0. The maximum Gasteiger partial charge on any atom is 0.251 e. The minimum absolute atomic E-state index is 0.355. The van der Waals surface area contributed by atoms with Crippen LogP contribution < -0.4 is 11.5 Å². The van der Waals surface area contributed by atoms with Crippen molar-refractivity contribution in [2.24, 2.45) is 5.73 Å². The number of carbonyl (C=O) groups excluding carboxylic acids is 1. The highest BCUT2D eigenvalue weighted by molar-refractivity contribution is 7.22. The molecule has 0 fully saturated rings. The zero-order valence-electron chi connectivity index (χ0n) is 11.5. The second kappa shape index (κ2) is 5.50. The molecule has 3 heterocycles. The second-order valence-electron chi connectivity index (χ2n) is 4.73. The first-order chi connectivity index (χ1) is 10.6. The third-order valence-corrected chi connectivity index (χ3v) is 4.49. The molecule has 0 atom stereocenters. The summed E-state index contributed by atoms with van der Waals surface area (Å²) in [4.78, 5) is 16.4. The predicted molar refractivity (Wildman–Crippen MR) is 84.2 cm³/mol. The van der Waals surface area contributed by atoms with Crippen LogP contribution in [0.2, 0.25) is 0 Å². The van der Waals surface area contributed by atoms with Crippen LogP contribution in [0.5, 0.6) is 0 Å². The van der Waals surface area contributed by atoms with E-state index < -0.39 is 5.91 Å². The summed E-state index contributed by atoms with van der Waals surface area (Å²) < 4.78 is 6.16. The molecule has 110 valence electrons. The number of nitrogens with two attached hydrogens (primary N) is 2. The largest absolute Gasteiger partial charge is 0.469 e. The molecule has 22 heavy (non-hydrogen) atoms. The number of furan rings is 1. The van der Waals surface area contributed by atoms with Crippen molar-refractivity contribution < 1.29 is 9.21 Å². The average Bonchev–Trinajstić information content (AvgIpc) is 3.12. The van der Waals surface area contributed by atoms with E-state index in [9.17, 15) is 4.79 Å². The summed E-state index contributed by atoms with van der Waals surface area (Å²) in [5.74, 6) is 0.568. The SMILES string of the molecule is N#CCCc1cc(-c2cc3c(N)ncc(C(N)=O)c3s2)co1. The Kier molecular flexibility index (Phi) is 3.53. The van der Waals surface area contributed by atoms with Gasteiger partial charge in [-0.05, 0) is 12.1 Å². The molecule has 6 nitrogen and oxygen atoms in total. The summed E-state index contributed by atoms with van der Waals surface area (Å²) >= 11 is 1.41. The van der Waals surface area contributed by atoms with Crippen LogP contribution in [0.3, 0.4) is 0 Å². The minimum Gasteiger partial charge on any atom is -0.469 e. The van der Waals surface area contributed by atoms with E-state index in [2.05, 4.69) is 11.1 Å². The third kappa shape index (κ3) is 2.40. The van der Waals surface area contributed by atoms with Crippen molar-refractivity contribution in [2.75, 3.05) is 5.73 Å². The quantitative estimate of drug-likeness (QED) is 0.767. The Bertz CT molecular complexity index is 904. The van der Waals surface area contributed by atoms with Gasteiger partial charge < -0.3 is 15.9 Å². The molecular weight excluding hydrogens is 300 g/mol. The van der Waals surface area contributed by atoms with Crippen LogP contribution in [0.25, 0.3) is 20.5 Å². The van der Waals surface area contributed by atoms with E-state index in [0.29, 0.717) is 29.6 Å². The summed E-state index contributed by atoms with van der Waals surface area (Å²) in [5, 5.41) is 9.31. The zero-order valence-corrected chi connectivity index (χ0v) is 12.3. The first-order valence-corrected chi connectivity index (χ1v) is 7.34. The van der Waals surface area contributed by atoms with Crippen LogP contribution in [0.15, 0.2) is 29.0 Å². The number of pyridine rings is 1. The van der Waals surface area contributed by atoms with Gasteiger partial charge in [0.25, 0.3) is 5.91 Å². The Morgan fingerprint density at radius 2 is 2.27 bits per heavy atom. The third-order valence-electron chi connectivity index (χ3n) is 3.27. The van der Waals surface area contributed by atoms with Gasteiger partial charge in [-0.2, -0.15) is 5.26 Å². The van der Waals surface area contributed by atoms with Crippen LogP contribution in [-0.4, -0.2) is 10.9 Å². The van der Waals surface area contributed by atoms with Gasteiger partial charge in [0.05, 0.1) is 22.6 Å². The van der Waals surface area contributed by atoms with Crippen molar-refractivity contribution in [1.82, 2.24) is 4.98 Å². The molecule has 0 saturated carbocycles. The number of primary amides is 1. The molecule has 1 amide bonds. The van der Waals surface area contributed by atoms with E-state index in [1.54, 1.807) is 6.26 Å². The maximum atomic E-state index is 11.5. The van der Waals surface area contributed by atoms with Crippen molar-refractivity contribution in [2.45, 2.75) is 12.8 Å². The Labute approximate surface area is 130 Å². The molecule has 0 unspecified atom stereocenters. The van der Waals surface area contributed by atoms with Gasteiger partial charge in [-0.1, -0.05) is 0 Å². The number of aromatic nitrogens is 1. The lowest BCUT2D eigenvalue weighted by Crippen LogP contribution is -2.11. The molecule has 7 heteroatoms. The Morgan fingerprint density at radius 1 is 1.45 bits per heavy atom. The molecule has 0 aliphatic rings. The fourth-order valence-corrected chi connectivity index (χ4v) is 3.34. The number of carbonyl (C=O) groups is 1. The predicted octanol–water partition coefficient (Wildman–Crippen LogP) is 2.69. The van der Waals surface area contributed by atoms with Gasteiger partial charge in [0, 0.05) is 34.9 Å². The molecule has 4 N–H and O–H groups in total. The van der Waals surface area contributed by atoms with Crippen molar-refractivity contribution in [3.8, 4) is 16.5 Å². The molecule has 0 aliphatic heterocycles. The topological polar surface area (TPSA) is 119 Å². The highest BCUT2D eigenvalue weighted by atomic mass is 32.1. The fraction of sp³-hybridized carbons (Fsp3) is 0.133. The maximum absolute atomic E-state index is 11.5. The molecule has 3 rings (SSSR count). The van der Waals surface area contributed by atoms with Crippen LogP contribution >= 0.6 is 11.3 Å². The number of anilines is 1. The normalized spacial score (nSPS) is 10.7. The molecule has 0 saturated heterocycles. The van der Waals surface area contributed by atoms with E-state index in [1.807, 2.05) is 12.1 Å². The van der Waals surface area contributed by atoms with Crippen LogP contribution in [-0.2, 0) is 6.42 Å². The summed E-state index contributed by atoms with van der Waals surface area (Å²) in [6, 6.07) is 5.83. The van der Waals surface area contributed by atoms with Crippen molar-refractivity contribution in [1.29, 1.82) is 5.26 Å². The van der Waals surface area contributed by atoms with Crippen molar-refractivity contribution in [3.63, 3.8) is 0 Å². The number of fused-ring (bicyclic) bond motifs is 1. The number of nitrogen functional groups attached to an aromatic ring is 1. The number of hydrogen-bond acceptors (Lipinski definition) is 6. The molecule has 0 aromatic carbocycles. The molecule has 0 spiro atoms. The number of nitriles is 1. The highest BCUT2D eigenvalue weighted by Crippen LogP contribution is 2.38. The van der Waals surface area contributed by atoms with Crippen LogP contribution in [0.4, 0.5) is 5.82 Å². The van der Waals surface area contributed by atoms with Crippen LogP contribution in [0, 0.1) is 11.3 Å².